The number of amides is 1. The molecule has 1 atom stereocenters. The molecule has 0 fully saturated rings. The lowest BCUT2D eigenvalue weighted by molar-refractivity contribution is -0.126. The molecule has 166 valence electrons. The van der Waals surface area contributed by atoms with E-state index in [1.807, 2.05) is 24.3 Å². The number of fused-ring (bicyclic) bond motifs is 1. The van der Waals surface area contributed by atoms with Crippen LogP contribution < -0.4 is 9.62 Å². The van der Waals surface area contributed by atoms with Gasteiger partial charge in [0.2, 0.25) is 10.0 Å². The van der Waals surface area contributed by atoms with Gasteiger partial charge < -0.3 is 14.1 Å². The molecule has 4 rings (SSSR count). The Morgan fingerprint density at radius 3 is 2.72 bits per heavy atom. The van der Waals surface area contributed by atoms with Crippen molar-refractivity contribution in [2.45, 2.75) is 30.9 Å². The zero-order chi connectivity index (χ0) is 22.7. The normalized spacial score (nSPS) is 14.1. The smallest absolute Gasteiger partial charge is 0.338 e. The van der Waals surface area contributed by atoms with Gasteiger partial charge in [-0.3, -0.25) is 4.79 Å². The first-order valence-corrected chi connectivity index (χ1v) is 11.6. The fourth-order valence-corrected chi connectivity index (χ4v) is 4.56. The number of para-hydroxylation sites is 1. The van der Waals surface area contributed by atoms with Crippen molar-refractivity contribution in [3.05, 3.63) is 83.8 Å². The summed E-state index contributed by atoms with van der Waals surface area (Å²) in [5.74, 6) is -0.645. The quantitative estimate of drug-likeness (QED) is 0.551. The van der Waals surface area contributed by atoms with Crippen molar-refractivity contribution in [3.8, 4) is 0 Å². The van der Waals surface area contributed by atoms with Crippen molar-refractivity contribution in [3.63, 3.8) is 0 Å². The van der Waals surface area contributed by atoms with Gasteiger partial charge in [0.05, 0.1) is 23.3 Å². The second kappa shape index (κ2) is 8.97. The number of hydrogen-bond acceptors (Lipinski definition) is 6. The van der Waals surface area contributed by atoms with E-state index in [0.717, 1.165) is 17.7 Å². The number of furan rings is 1. The van der Waals surface area contributed by atoms with Gasteiger partial charge in [0.25, 0.3) is 5.91 Å². The third-order valence-corrected chi connectivity index (χ3v) is 6.58. The molecule has 0 radical (unpaired) electrons. The second-order valence-corrected chi connectivity index (χ2v) is 9.11. The summed E-state index contributed by atoms with van der Waals surface area (Å²) in [5, 5.41) is 0. The minimum Gasteiger partial charge on any atom is -0.468 e. The van der Waals surface area contributed by atoms with Crippen LogP contribution in [0.1, 0.15) is 28.6 Å². The molecule has 0 aliphatic carbocycles. The zero-order valence-electron chi connectivity index (χ0n) is 17.4. The molecule has 0 bridgehead atoms. The highest BCUT2D eigenvalue weighted by molar-refractivity contribution is 7.89. The molecule has 32 heavy (non-hydrogen) atoms. The summed E-state index contributed by atoms with van der Waals surface area (Å²) in [6.45, 7) is 2.01. The van der Waals surface area contributed by atoms with Gasteiger partial charge in [-0.15, -0.1) is 0 Å². The molecular formula is C23H22N2O6S. The van der Waals surface area contributed by atoms with Gasteiger partial charge in [-0.2, -0.15) is 0 Å². The van der Waals surface area contributed by atoms with Crippen LogP contribution >= 0.6 is 0 Å². The molecule has 1 aromatic heterocycles. The molecule has 1 amide bonds. The predicted octanol–water partition coefficient (Wildman–Crippen LogP) is 2.89. The Hall–Kier alpha value is -3.43. The lowest BCUT2D eigenvalue weighted by Gasteiger charge is -2.21. The van der Waals surface area contributed by atoms with E-state index in [0.29, 0.717) is 12.3 Å². The maximum Gasteiger partial charge on any atom is 0.338 e. The van der Waals surface area contributed by atoms with E-state index in [-0.39, 0.29) is 22.9 Å². The number of nitrogens with one attached hydrogen (secondary N) is 1. The van der Waals surface area contributed by atoms with E-state index in [9.17, 15) is 18.0 Å². The average Bonchev–Trinajstić information content (AvgIpc) is 3.47. The number of esters is 1. The van der Waals surface area contributed by atoms with Gasteiger partial charge in [-0.05, 0) is 55.3 Å². The highest BCUT2D eigenvalue weighted by atomic mass is 32.2. The van der Waals surface area contributed by atoms with Crippen molar-refractivity contribution in [1.82, 2.24) is 4.72 Å². The minimum absolute atomic E-state index is 0.0210. The zero-order valence-corrected chi connectivity index (χ0v) is 18.2. The third kappa shape index (κ3) is 4.58. The number of ether oxygens (including phenoxy) is 1. The maximum atomic E-state index is 12.8. The van der Waals surface area contributed by atoms with Crippen LogP contribution in [0.5, 0.6) is 0 Å². The number of anilines is 1. The molecular weight excluding hydrogens is 432 g/mol. The first-order chi connectivity index (χ1) is 15.3. The number of hydrogen-bond donors (Lipinski definition) is 1. The Morgan fingerprint density at radius 2 is 1.94 bits per heavy atom. The van der Waals surface area contributed by atoms with Crippen LogP contribution in [0.15, 0.2) is 76.2 Å². The molecule has 2 heterocycles. The van der Waals surface area contributed by atoms with Crippen molar-refractivity contribution >= 4 is 27.6 Å². The van der Waals surface area contributed by atoms with Crippen LogP contribution in [0.2, 0.25) is 0 Å². The van der Waals surface area contributed by atoms with Gasteiger partial charge in [0.15, 0.2) is 6.10 Å². The van der Waals surface area contributed by atoms with E-state index >= 15 is 0 Å². The van der Waals surface area contributed by atoms with Gasteiger partial charge in [-0.25, -0.2) is 17.9 Å². The third-order valence-electron chi connectivity index (χ3n) is 5.18. The van der Waals surface area contributed by atoms with Crippen LogP contribution in [0.3, 0.4) is 0 Å². The van der Waals surface area contributed by atoms with Crippen LogP contribution in [0, 0.1) is 0 Å². The van der Waals surface area contributed by atoms with E-state index in [2.05, 4.69) is 4.72 Å². The summed E-state index contributed by atoms with van der Waals surface area (Å²) >= 11 is 0. The summed E-state index contributed by atoms with van der Waals surface area (Å²) in [7, 11) is -3.88. The first-order valence-electron chi connectivity index (χ1n) is 10.1. The van der Waals surface area contributed by atoms with Crippen LogP contribution in [0.4, 0.5) is 5.69 Å². The Labute approximate surface area is 185 Å². The van der Waals surface area contributed by atoms with Crippen LogP contribution in [0.25, 0.3) is 0 Å². The van der Waals surface area contributed by atoms with Crippen LogP contribution in [-0.2, 0) is 32.5 Å². The summed E-state index contributed by atoms with van der Waals surface area (Å²) in [5.41, 5.74) is 1.92. The molecule has 0 spiro atoms. The summed E-state index contributed by atoms with van der Waals surface area (Å²) in [6, 6.07) is 16.4. The van der Waals surface area contributed by atoms with Crippen LogP contribution in [-0.4, -0.2) is 32.9 Å². The summed E-state index contributed by atoms with van der Waals surface area (Å²) in [6.07, 6.45) is 1.17. The standard InChI is InChI=1S/C23H22N2O6S/c1-16(22(26)25-12-11-17-6-2-3-10-21(17)25)31-23(27)18-7-4-9-20(14-18)32(28,29)24-15-19-8-5-13-30-19/h2-10,13-14,16,24H,11-12,15H2,1H3. The number of benzene rings is 2. The number of carbonyl (C=O) groups excluding carboxylic acids is 2. The second-order valence-electron chi connectivity index (χ2n) is 7.35. The molecule has 1 aliphatic rings. The van der Waals surface area contributed by atoms with Gasteiger partial charge in [0, 0.05) is 12.2 Å². The molecule has 1 N–H and O–H groups in total. The highest BCUT2D eigenvalue weighted by Gasteiger charge is 2.30. The Kier molecular flexibility index (Phi) is 6.11. The molecule has 8 nitrogen and oxygen atoms in total. The van der Waals surface area contributed by atoms with Gasteiger partial charge >= 0.3 is 5.97 Å². The molecule has 1 aliphatic heterocycles. The number of sulfonamides is 1. The van der Waals surface area contributed by atoms with E-state index < -0.39 is 22.1 Å². The van der Waals surface area contributed by atoms with E-state index in [4.69, 9.17) is 9.15 Å². The van der Waals surface area contributed by atoms with Crippen molar-refractivity contribution in [2.75, 3.05) is 11.4 Å². The average molecular weight is 455 g/mol. The van der Waals surface area contributed by atoms with Crippen molar-refractivity contribution in [1.29, 1.82) is 0 Å². The Bertz CT molecular complexity index is 1240. The van der Waals surface area contributed by atoms with Gasteiger partial charge in [0.1, 0.15) is 5.76 Å². The topological polar surface area (TPSA) is 106 Å². The SMILES string of the molecule is CC(OC(=O)c1cccc(S(=O)(=O)NCc2ccco2)c1)C(=O)N1CCc2ccccc21. The molecule has 0 saturated carbocycles. The van der Waals surface area contributed by atoms with Crippen molar-refractivity contribution < 1.29 is 27.2 Å². The summed E-state index contributed by atoms with van der Waals surface area (Å²) in [4.78, 5) is 27.0. The number of carbonyl (C=O) groups is 2. The van der Waals surface area contributed by atoms with Gasteiger partial charge in [-0.1, -0.05) is 24.3 Å². The highest BCUT2D eigenvalue weighted by Crippen LogP contribution is 2.28. The van der Waals surface area contributed by atoms with Crippen molar-refractivity contribution in [2.24, 2.45) is 0 Å². The number of nitrogens with zero attached hydrogens (tertiary/aromatic N) is 1. The molecule has 9 heteroatoms. The Morgan fingerprint density at radius 1 is 1.12 bits per heavy atom. The lowest BCUT2D eigenvalue weighted by Crippen LogP contribution is -2.39. The molecule has 1 unspecified atom stereocenters. The molecule has 0 saturated heterocycles. The Balaban J connectivity index is 1.43. The minimum atomic E-state index is -3.88. The fourth-order valence-electron chi connectivity index (χ4n) is 3.52. The monoisotopic (exact) mass is 454 g/mol. The fraction of sp³-hybridized carbons (Fsp3) is 0.217. The van der Waals surface area contributed by atoms with E-state index in [1.165, 1.54) is 37.5 Å². The molecule has 2 aromatic carbocycles. The number of rotatable bonds is 7. The first kappa shape index (κ1) is 21.8. The lowest BCUT2D eigenvalue weighted by atomic mass is 10.2. The molecule has 3 aromatic rings. The van der Waals surface area contributed by atoms with E-state index in [1.54, 1.807) is 17.0 Å². The summed E-state index contributed by atoms with van der Waals surface area (Å²) < 4.78 is 38.0. The largest absolute Gasteiger partial charge is 0.468 e. The predicted molar refractivity (Wildman–Crippen MR) is 117 cm³/mol. The maximum absolute atomic E-state index is 12.8.